The number of hydrogen-bond acceptors (Lipinski definition) is 4. The fourth-order valence-corrected chi connectivity index (χ4v) is 4.58. The molecule has 0 saturated carbocycles. The van der Waals surface area contributed by atoms with Crippen LogP contribution in [0.4, 0.5) is 5.69 Å². The van der Waals surface area contributed by atoms with Gasteiger partial charge in [-0.3, -0.25) is 13.9 Å². The topological polar surface area (TPSA) is 86.8 Å². The predicted octanol–water partition coefficient (Wildman–Crippen LogP) is 3.54. The lowest BCUT2D eigenvalue weighted by Gasteiger charge is -2.32. The van der Waals surface area contributed by atoms with E-state index < -0.39 is 28.5 Å². The maximum atomic E-state index is 13.4. The number of nitrogens with zero attached hydrogens (tertiary/aromatic N) is 2. The molecule has 7 nitrogen and oxygen atoms in total. The summed E-state index contributed by atoms with van der Waals surface area (Å²) in [6.07, 6.45) is 1.05. The minimum Gasteiger partial charge on any atom is -0.357 e. The summed E-state index contributed by atoms with van der Waals surface area (Å²) in [4.78, 5) is 27.0. The molecule has 2 amide bonds. The van der Waals surface area contributed by atoms with Crippen molar-refractivity contribution < 1.29 is 18.0 Å². The van der Waals surface area contributed by atoms with Gasteiger partial charge in [-0.2, -0.15) is 0 Å². The molecule has 2 aromatic carbocycles. The van der Waals surface area contributed by atoms with E-state index in [0.717, 1.165) is 16.1 Å². The molecule has 1 unspecified atom stereocenters. The van der Waals surface area contributed by atoms with Crippen molar-refractivity contribution in [2.24, 2.45) is 0 Å². The van der Waals surface area contributed by atoms with Crippen molar-refractivity contribution in [3.8, 4) is 0 Å². The fourth-order valence-electron chi connectivity index (χ4n) is 3.21. The van der Waals surface area contributed by atoms with Crippen LogP contribution in [0, 0.1) is 13.8 Å². The summed E-state index contributed by atoms with van der Waals surface area (Å²) in [5.74, 6) is -0.931. The summed E-state index contributed by atoms with van der Waals surface area (Å²) in [7, 11) is -2.31. The number of likely N-dealkylation sites (N-methyl/N-ethyl adjacent to an activating group) is 1. The largest absolute Gasteiger partial charge is 0.357 e. The van der Waals surface area contributed by atoms with Crippen LogP contribution in [0.3, 0.4) is 0 Å². The summed E-state index contributed by atoms with van der Waals surface area (Å²) < 4.78 is 26.3. The lowest BCUT2D eigenvalue weighted by molar-refractivity contribution is -0.139. The second-order valence-corrected chi connectivity index (χ2v) is 10.4. The van der Waals surface area contributed by atoms with Crippen LogP contribution in [0.1, 0.15) is 23.6 Å². The molecule has 0 spiro atoms. The van der Waals surface area contributed by atoms with Gasteiger partial charge < -0.3 is 10.2 Å². The molecule has 0 aliphatic heterocycles. The lowest BCUT2D eigenvalue weighted by atomic mass is 10.1. The second kappa shape index (κ2) is 10.6. The van der Waals surface area contributed by atoms with Gasteiger partial charge in [-0.25, -0.2) is 8.42 Å². The quantitative estimate of drug-likeness (QED) is 0.601. The van der Waals surface area contributed by atoms with Crippen molar-refractivity contribution >= 4 is 50.7 Å². The number of sulfonamides is 1. The number of rotatable bonds is 8. The van der Waals surface area contributed by atoms with Crippen LogP contribution in [0.15, 0.2) is 36.4 Å². The Bertz CT molecular complexity index is 1120. The van der Waals surface area contributed by atoms with Crippen molar-refractivity contribution in [1.82, 2.24) is 10.2 Å². The van der Waals surface area contributed by atoms with E-state index in [9.17, 15) is 18.0 Å². The van der Waals surface area contributed by atoms with E-state index in [2.05, 4.69) is 5.32 Å². The van der Waals surface area contributed by atoms with Gasteiger partial charge in [-0.1, -0.05) is 41.4 Å². The normalized spacial score (nSPS) is 12.2. The van der Waals surface area contributed by atoms with Gasteiger partial charge in [0.15, 0.2) is 0 Å². The van der Waals surface area contributed by atoms with Crippen molar-refractivity contribution in [1.29, 1.82) is 0 Å². The minimum absolute atomic E-state index is 0.00776. The van der Waals surface area contributed by atoms with Gasteiger partial charge in [-0.15, -0.1) is 0 Å². The Labute approximate surface area is 199 Å². The lowest BCUT2D eigenvalue weighted by Crippen LogP contribution is -2.50. The molecule has 10 heteroatoms. The number of anilines is 1. The Morgan fingerprint density at radius 3 is 2.31 bits per heavy atom. The highest BCUT2D eigenvalue weighted by atomic mass is 35.5. The first-order valence-electron chi connectivity index (χ1n) is 9.85. The molecule has 0 saturated heterocycles. The summed E-state index contributed by atoms with van der Waals surface area (Å²) >= 11 is 12.2. The Morgan fingerprint density at radius 1 is 1.09 bits per heavy atom. The van der Waals surface area contributed by atoms with Gasteiger partial charge in [0.1, 0.15) is 12.6 Å². The number of carbonyl (C=O) groups is 2. The van der Waals surface area contributed by atoms with Gasteiger partial charge in [0.05, 0.1) is 11.9 Å². The summed E-state index contributed by atoms with van der Waals surface area (Å²) in [6.45, 7) is 4.73. The first kappa shape index (κ1) is 26.0. The molecular formula is C22H27Cl2N3O4S. The average Bonchev–Trinajstić information content (AvgIpc) is 2.71. The Morgan fingerprint density at radius 2 is 1.75 bits per heavy atom. The number of aryl methyl sites for hydroxylation is 2. The first-order chi connectivity index (χ1) is 14.8. The van der Waals surface area contributed by atoms with E-state index in [0.29, 0.717) is 26.9 Å². The van der Waals surface area contributed by atoms with E-state index in [4.69, 9.17) is 23.2 Å². The van der Waals surface area contributed by atoms with Crippen LogP contribution < -0.4 is 9.62 Å². The molecule has 2 aromatic rings. The van der Waals surface area contributed by atoms with E-state index in [1.807, 2.05) is 13.0 Å². The third-order valence-corrected chi connectivity index (χ3v) is 6.80. The monoisotopic (exact) mass is 499 g/mol. The second-order valence-electron chi connectivity index (χ2n) is 7.61. The molecule has 1 N–H and O–H groups in total. The van der Waals surface area contributed by atoms with E-state index in [1.165, 1.54) is 11.9 Å². The van der Waals surface area contributed by atoms with Crippen molar-refractivity contribution in [3.63, 3.8) is 0 Å². The third kappa shape index (κ3) is 6.37. The summed E-state index contributed by atoms with van der Waals surface area (Å²) in [5.41, 5.74) is 2.56. The number of hydrogen-bond donors (Lipinski definition) is 1. The van der Waals surface area contributed by atoms with Gasteiger partial charge in [0, 0.05) is 23.6 Å². The molecule has 0 aromatic heterocycles. The molecule has 2 rings (SSSR count). The van der Waals surface area contributed by atoms with Crippen LogP contribution in [-0.2, 0) is 26.2 Å². The van der Waals surface area contributed by atoms with Crippen LogP contribution >= 0.6 is 23.2 Å². The van der Waals surface area contributed by atoms with Crippen molar-refractivity contribution in [2.45, 2.75) is 33.4 Å². The zero-order chi connectivity index (χ0) is 24.2. The average molecular weight is 500 g/mol. The van der Waals surface area contributed by atoms with Gasteiger partial charge >= 0.3 is 0 Å². The molecule has 32 heavy (non-hydrogen) atoms. The first-order valence-corrected chi connectivity index (χ1v) is 12.5. The molecular weight excluding hydrogens is 473 g/mol. The van der Waals surface area contributed by atoms with Crippen LogP contribution in [0.5, 0.6) is 0 Å². The highest BCUT2D eigenvalue weighted by Crippen LogP contribution is 2.26. The van der Waals surface area contributed by atoms with E-state index in [1.54, 1.807) is 44.2 Å². The highest BCUT2D eigenvalue weighted by Gasteiger charge is 2.30. The molecule has 0 radical (unpaired) electrons. The van der Waals surface area contributed by atoms with Crippen molar-refractivity contribution in [3.05, 3.63) is 63.1 Å². The number of amides is 2. The molecule has 0 aliphatic carbocycles. The Hall–Kier alpha value is -2.29. The van der Waals surface area contributed by atoms with Gasteiger partial charge in [0.25, 0.3) is 0 Å². The number of benzene rings is 2. The van der Waals surface area contributed by atoms with Crippen LogP contribution in [0.25, 0.3) is 0 Å². The maximum absolute atomic E-state index is 13.4. The summed E-state index contributed by atoms with van der Waals surface area (Å²) in [6, 6.07) is 9.36. The maximum Gasteiger partial charge on any atom is 0.244 e. The number of halogens is 2. The van der Waals surface area contributed by atoms with Crippen LogP contribution in [0.2, 0.25) is 10.0 Å². The van der Waals surface area contributed by atoms with Crippen molar-refractivity contribution in [2.75, 3.05) is 24.2 Å². The molecule has 0 fully saturated rings. The minimum atomic E-state index is -3.78. The highest BCUT2D eigenvalue weighted by molar-refractivity contribution is 7.92. The third-order valence-electron chi connectivity index (χ3n) is 5.08. The molecule has 1 atom stereocenters. The molecule has 0 bridgehead atoms. The van der Waals surface area contributed by atoms with E-state index in [-0.39, 0.29) is 12.5 Å². The van der Waals surface area contributed by atoms with E-state index >= 15 is 0 Å². The zero-order valence-electron chi connectivity index (χ0n) is 18.6. The predicted molar refractivity (Wildman–Crippen MR) is 129 cm³/mol. The standard InChI is InChI=1S/C22H27Cl2N3O4S/c1-14-6-7-15(2)20(10-14)27(32(5,30)31)13-21(28)26(16(3)22(29)25-4)12-17-8-9-18(23)11-19(17)24/h6-11,16H,12-13H2,1-5H3,(H,25,29). The molecule has 174 valence electrons. The molecule has 0 heterocycles. The Balaban J connectivity index is 2.46. The number of nitrogens with one attached hydrogen (secondary N) is 1. The van der Waals surface area contributed by atoms with Gasteiger partial charge in [-0.05, 0) is 55.7 Å². The molecule has 0 aliphatic rings. The SMILES string of the molecule is CNC(=O)C(C)N(Cc1ccc(Cl)cc1Cl)C(=O)CN(c1cc(C)ccc1C)S(C)(=O)=O. The Kier molecular flexibility index (Phi) is 8.56. The van der Waals surface area contributed by atoms with Crippen LogP contribution in [-0.4, -0.2) is 51.0 Å². The zero-order valence-corrected chi connectivity index (χ0v) is 21.0. The smallest absolute Gasteiger partial charge is 0.244 e. The van der Waals surface area contributed by atoms with Gasteiger partial charge in [0.2, 0.25) is 21.8 Å². The number of carbonyl (C=O) groups excluding carboxylic acids is 2. The fraction of sp³-hybridized carbons (Fsp3) is 0.364. The summed E-state index contributed by atoms with van der Waals surface area (Å²) in [5, 5.41) is 3.30.